The van der Waals surface area contributed by atoms with Crippen LogP contribution in [0, 0.1) is 5.92 Å². The molecule has 1 fully saturated rings. The summed E-state index contributed by atoms with van der Waals surface area (Å²) in [7, 11) is 0. The Kier molecular flexibility index (Phi) is 1.25. The van der Waals surface area contributed by atoms with Crippen molar-refractivity contribution in [1.29, 1.82) is 0 Å². The predicted molar refractivity (Wildman–Crippen MR) is 32.8 cm³/mol. The summed E-state index contributed by atoms with van der Waals surface area (Å²) in [5.74, 6) is 0.745. The van der Waals surface area contributed by atoms with Gasteiger partial charge in [0.05, 0.1) is 0 Å². The van der Waals surface area contributed by atoms with Gasteiger partial charge in [-0.05, 0) is 18.8 Å². The molecule has 0 nitrogen and oxygen atoms in total. The summed E-state index contributed by atoms with van der Waals surface area (Å²) < 4.78 is -0.362. The molecule has 0 bridgehead atoms. The highest BCUT2D eigenvalue weighted by Crippen LogP contribution is 2.45. The summed E-state index contributed by atoms with van der Waals surface area (Å²) in [6.45, 7) is 2.16. The number of rotatable bonds is 0. The van der Waals surface area contributed by atoms with Gasteiger partial charge in [0.2, 0.25) is 0 Å². The predicted octanol–water partition coefficient (Wildman–Crippen LogP) is 2.59. The van der Waals surface area contributed by atoms with E-state index < -0.39 is 0 Å². The first-order valence-corrected chi connectivity index (χ1v) is 3.23. The molecule has 0 radical (unpaired) electrons. The summed E-state index contributed by atoms with van der Waals surface area (Å²) in [6, 6.07) is 0. The molecule has 0 saturated heterocycles. The molecular weight excluding hydrogens is 131 g/mol. The van der Waals surface area contributed by atoms with Gasteiger partial charge in [-0.1, -0.05) is 6.92 Å². The van der Waals surface area contributed by atoms with Crippen LogP contribution in [0.15, 0.2) is 0 Å². The largest absolute Gasteiger partial charge is 0.118 e. The van der Waals surface area contributed by atoms with Gasteiger partial charge in [0.25, 0.3) is 0 Å². The maximum atomic E-state index is 5.66. The van der Waals surface area contributed by atoms with E-state index in [2.05, 4.69) is 6.92 Å². The SMILES string of the molecule is CC1CC(Cl)(Cl)C1. The van der Waals surface area contributed by atoms with Crippen molar-refractivity contribution < 1.29 is 0 Å². The lowest BCUT2D eigenvalue weighted by Gasteiger charge is -2.35. The lowest BCUT2D eigenvalue weighted by molar-refractivity contribution is 0.321. The highest BCUT2D eigenvalue weighted by Gasteiger charge is 2.37. The maximum Gasteiger partial charge on any atom is 0.118 e. The number of hydrogen-bond acceptors (Lipinski definition) is 0. The van der Waals surface area contributed by atoms with Crippen molar-refractivity contribution in [2.45, 2.75) is 24.1 Å². The molecule has 0 aromatic carbocycles. The van der Waals surface area contributed by atoms with E-state index in [0.29, 0.717) is 0 Å². The molecule has 0 unspecified atom stereocenters. The Morgan fingerprint density at radius 1 is 1.43 bits per heavy atom. The molecule has 1 saturated carbocycles. The Balaban J connectivity index is 2.29. The first kappa shape index (κ1) is 5.71. The lowest BCUT2D eigenvalue weighted by Crippen LogP contribution is -2.30. The lowest BCUT2D eigenvalue weighted by atomic mass is 9.86. The van der Waals surface area contributed by atoms with Crippen molar-refractivity contribution in [3.63, 3.8) is 0 Å². The molecule has 0 spiro atoms. The fourth-order valence-corrected chi connectivity index (χ4v) is 2.01. The Bertz CT molecular complexity index is 70.1. The number of halogens is 2. The quantitative estimate of drug-likeness (QED) is 0.452. The highest BCUT2D eigenvalue weighted by molar-refractivity contribution is 6.48. The van der Waals surface area contributed by atoms with Crippen molar-refractivity contribution in [1.82, 2.24) is 0 Å². The van der Waals surface area contributed by atoms with E-state index in [1.807, 2.05) is 0 Å². The normalized spacial score (nSPS) is 29.6. The third kappa shape index (κ3) is 1.23. The van der Waals surface area contributed by atoms with E-state index in [0.717, 1.165) is 18.8 Å². The van der Waals surface area contributed by atoms with Gasteiger partial charge in [0.15, 0.2) is 0 Å². The summed E-state index contributed by atoms with van der Waals surface area (Å²) in [5, 5.41) is 0. The van der Waals surface area contributed by atoms with E-state index in [9.17, 15) is 0 Å². The molecule has 0 heterocycles. The molecule has 1 aliphatic carbocycles. The van der Waals surface area contributed by atoms with Crippen LogP contribution in [-0.4, -0.2) is 4.33 Å². The average Bonchev–Trinajstić information content (AvgIpc) is 1.27. The summed E-state index contributed by atoms with van der Waals surface area (Å²) >= 11 is 11.3. The fourth-order valence-electron chi connectivity index (χ4n) is 0.960. The molecule has 0 amide bonds. The fraction of sp³-hybridized carbons (Fsp3) is 1.00. The van der Waals surface area contributed by atoms with E-state index >= 15 is 0 Å². The summed E-state index contributed by atoms with van der Waals surface area (Å²) in [5.41, 5.74) is 0. The molecule has 0 aromatic rings. The second kappa shape index (κ2) is 1.53. The molecule has 2 heteroatoms. The molecule has 42 valence electrons. The third-order valence-corrected chi connectivity index (χ3v) is 1.91. The van der Waals surface area contributed by atoms with Gasteiger partial charge < -0.3 is 0 Å². The maximum absolute atomic E-state index is 5.66. The number of hydrogen-bond donors (Lipinski definition) is 0. The molecule has 1 aliphatic rings. The van der Waals surface area contributed by atoms with E-state index in [4.69, 9.17) is 23.2 Å². The second-order valence-electron chi connectivity index (χ2n) is 2.37. The zero-order chi connectivity index (χ0) is 5.49. The van der Waals surface area contributed by atoms with Crippen molar-refractivity contribution in [2.75, 3.05) is 0 Å². The molecular formula is C5H8Cl2. The minimum absolute atomic E-state index is 0.362. The topological polar surface area (TPSA) is 0 Å². The summed E-state index contributed by atoms with van der Waals surface area (Å²) in [4.78, 5) is 0. The molecule has 7 heavy (non-hydrogen) atoms. The van der Waals surface area contributed by atoms with Gasteiger partial charge in [0, 0.05) is 0 Å². The van der Waals surface area contributed by atoms with E-state index in [1.54, 1.807) is 0 Å². The molecule has 0 aromatic heterocycles. The average molecular weight is 139 g/mol. The Morgan fingerprint density at radius 3 is 1.86 bits per heavy atom. The Morgan fingerprint density at radius 2 is 1.86 bits per heavy atom. The highest BCUT2D eigenvalue weighted by atomic mass is 35.5. The van der Waals surface area contributed by atoms with Crippen LogP contribution in [0.1, 0.15) is 19.8 Å². The van der Waals surface area contributed by atoms with Crippen molar-refractivity contribution in [2.24, 2.45) is 5.92 Å². The van der Waals surface area contributed by atoms with Gasteiger partial charge in [-0.25, -0.2) is 0 Å². The van der Waals surface area contributed by atoms with Crippen molar-refractivity contribution in [3.8, 4) is 0 Å². The van der Waals surface area contributed by atoms with E-state index in [-0.39, 0.29) is 4.33 Å². The monoisotopic (exact) mass is 138 g/mol. The minimum Gasteiger partial charge on any atom is -0.102 e. The van der Waals surface area contributed by atoms with Crippen LogP contribution in [0.5, 0.6) is 0 Å². The first-order valence-electron chi connectivity index (χ1n) is 2.48. The molecule has 0 N–H and O–H groups in total. The van der Waals surface area contributed by atoms with Crippen LogP contribution >= 0.6 is 23.2 Å². The smallest absolute Gasteiger partial charge is 0.102 e. The van der Waals surface area contributed by atoms with Crippen LogP contribution in [0.25, 0.3) is 0 Å². The Hall–Kier alpha value is 0.580. The van der Waals surface area contributed by atoms with Crippen molar-refractivity contribution >= 4 is 23.2 Å². The van der Waals surface area contributed by atoms with Crippen LogP contribution in [0.4, 0.5) is 0 Å². The molecule has 0 atom stereocenters. The third-order valence-electron chi connectivity index (χ3n) is 1.29. The van der Waals surface area contributed by atoms with Crippen LogP contribution in [0.3, 0.4) is 0 Å². The minimum atomic E-state index is -0.362. The zero-order valence-electron chi connectivity index (χ0n) is 4.25. The standard InChI is InChI=1S/C5H8Cl2/c1-4-2-5(6,7)3-4/h4H,2-3H2,1H3. The van der Waals surface area contributed by atoms with Gasteiger partial charge in [-0.15, -0.1) is 23.2 Å². The summed E-state index contributed by atoms with van der Waals surface area (Å²) in [6.07, 6.45) is 1.94. The zero-order valence-corrected chi connectivity index (χ0v) is 5.76. The Labute approximate surface area is 53.8 Å². The van der Waals surface area contributed by atoms with Crippen LogP contribution in [-0.2, 0) is 0 Å². The number of alkyl halides is 2. The van der Waals surface area contributed by atoms with Gasteiger partial charge in [-0.3, -0.25) is 0 Å². The molecule has 0 aliphatic heterocycles. The van der Waals surface area contributed by atoms with Gasteiger partial charge in [0.1, 0.15) is 4.33 Å². The van der Waals surface area contributed by atoms with Gasteiger partial charge in [-0.2, -0.15) is 0 Å². The van der Waals surface area contributed by atoms with Crippen LogP contribution < -0.4 is 0 Å². The van der Waals surface area contributed by atoms with E-state index in [1.165, 1.54) is 0 Å². The molecule has 1 rings (SSSR count). The van der Waals surface area contributed by atoms with Crippen molar-refractivity contribution in [3.05, 3.63) is 0 Å². The first-order chi connectivity index (χ1) is 3.10. The van der Waals surface area contributed by atoms with Gasteiger partial charge >= 0.3 is 0 Å². The van der Waals surface area contributed by atoms with Crippen LogP contribution in [0.2, 0.25) is 0 Å². The second-order valence-corrected chi connectivity index (χ2v) is 4.01.